The molecule has 0 saturated heterocycles. The summed E-state index contributed by atoms with van der Waals surface area (Å²) in [5, 5.41) is 8.22. The quantitative estimate of drug-likeness (QED) is 0.549. The molecule has 0 aliphatic rings. The minimum absolute atomic E-state index is 0.0215. The molecule has 0 fully saturated rings. The fraction of sp³-hybridized carbons (Fsp3) is 0.348. The zero-order valence-electron chi connectivity index (χ0n) is 17.1. The van der Waals surface area contributed by atoms with Gasteiger partial charge in [-0.15, -0.1) is 0 Å². The highest BCUT2D eigenvalue weighted by atomic mass is 16.5. The smallest absolute Gasteiger partial charge is 0.257 e. The Morgan fingerprint density at radius 2 is 1.90 bits per heavy atom. The molecule has 0 bridgehead atoms. The Labute approximate surface area is 171 Å². The van der Waals surface area contributed by atoms with Crippen molar-refractivity contribution in [3.8, 4) is 5.75 Å². The Kier molecular flexibility index (Phi) is 7.27. The van der Waals surface area contributed by atoms with Gasteiger partial charge in [0.15, 0.2) is 6.61 Å². The molecule has 2 unspecified atom stereocenters. The van der Waals surface area contributed by atoms with Crippen LogP contribution >= 0.6 is 0 Å². The lowest BCUT2D eigenvalue weighted by atomic mass is 10.1. The highest BCUT2D eigenvalue weighted by Gasteiger charge is 2.18. The second-order valence-electron chi connectivity index (χ2n) is 7.03. The van der Waals surface area contributed by atoms with Crippen LogP contribution in [0.15, 0.2) is 59.2 Å². The van der Waals surface area contributed by atoms with Gasteiger partial charge < -0.3 is 24.5 Å². The molecule has 1 heterocycles. The van der Waals surface area contributed by atoms with Crippen LogP contribution in [0, 0.1) is 0 Å². The summed E-state index contributed by atoms with van der Waals surface area (Å²) in [5.74, 6) is 1.38. The average molecular weight is 396 g/mol. The van der Waals surface area contributed by atoms with Crippen molar-refractivity contribution in [2.75, 3.05) is 27.3 Å². The number of carbonyl (C=O) groups excluding carboxylic acids is 1. The monoisotopic (exact) mass is 396 g/mol. The van der Waals surface area contributed by atoms with E-state index in [-0.39, 0.29) is 24.7 Å². The Hall–Kier alpha value is -2.83. The first-order valence-corrected chi connectivity index (χ1v) is 9.75. The van der Waals surface area contributed by atoms with Gasteiger partial charge in [-0.25, -0.2) is 0 Å². The average Bonchev–Trinajstić information content (AvgIpc) is 3.17. The van der Waals surface area contributed by atoms with Crippen molar-refractivity contribution >= 4 is 16.7 Å². The maximum absolute atomic E-state index is 11.2. The van der Waals surface area contributed by atoms with Crippen LogP contribution in [0.25, 0.3) is 10.8 Å². The summed E-state index contributed by atoms with van der Waals surface area (Å²) in [5.41, 5.74) is 1.19. The van der Waals surface area contributed by atoms with Crippen molar-refractivity contribution in [1.82, 2.24) is 10.6 Å². The predicted molar refractivity (Wildman–Crippen MR) is 113 cm³/mol. The van der Waals surface area contributed by atoms with Crippen LogP contribution in [0.5, 0.6) is 5.75 Å². The van der Waals surface area contributed by atoms with Crippen LogP contribution < -0.4 is 15.4 Å². The van der Waals surface area contributed by atoms with Gasteiger partial charge >= 0.3 is 0 Å². The lowest BCUT2D eigenvalue weighted by Gasteiger charge is -2.19. The van der Waals surface area contributed by atoms with Crippen molar-refractivity contribution in [2.24, 2.45) is 0 Å². The molecule has 6 nitrogen and oxygen atoms in total. The molecule has 3 rings (SSSR count). The molecule has 1 amide bonds. The highest BCUT2D eigenvalue weighted by Crippen LogP contribution is 2.27. The first kappa shape index (κ1) is 20.9. The summed E-state index contributed by atoms with van der Waals surface area (Å²) in [4.78, 5) is 11.2. The predicted octanol–water partition coefficient (Wildman–Crippen LogP) is 3.47. The lowest BCUT2D eigenvalue weighted by Crippen LogP contribution is -2.32. The fourth-order valence-corrected chi connectivity index (χ4v) is 3.22. The van der Waals surface area contributed by atoms with Crippen molar-refractivity contribution < 1.29 is 18.7 Å². The maximum Gasteiger partial charge on any atom is 0.257 e. The largest absolute Gasteiger partial charge is 0.484 e. The van der Waals surface area contributed by atoms with Crippen molar-refractivity contribution in [3.05, 3.63) is 66.1 Å². The summed E-state index contributed by atoms with van der Waals surface area (Å²) < 4.78 is 16.9. The van der Waals surface area contributed by atoms with Crippen LogP contribution in [-0.4, -0.2) is 39.3 Å². The first-order valence-electron chi connectivity index (χ1n) is 9.75. The van der Waals surface area contributed by atoms with Gasteiger partial charge in [-0.05, 0) is 31.0 Å². The Balaban J connectivity index is 1.52. The topological polar surface area (TPSA) is 72.7 Å². The normalized spacial score (nSPS) is 13.2. The third-order valence-corrected chi connectivity index (χ3v) is 4.88. The SMILES string of the molecule is CNC(=O)COc1ccc(CC(C)NCC(OC)c2occ3ccccc23)cc1. The Morgan fingerprint density at radius 1 is 1.14 bits per heavy atom. The van der Waals surface area contributed by atoms with E-state index in [4.69, 9.17) is 13.9 Å². The second-order valence-corrected chi connectivity index (χ2v) is 7.03. The summed E-state index contributed by atoms with van der Waals surface area (Å²) in [7, 11) is 3.29. The van der Waals surface area contributed by atoms with E-state index in [1.54, 1.807) is 20.4 Å². The molecule has 6 heteroatoms. The van der Waals surface area contributed by atoms with Gasteiger partial charge in [0.2, 0.25) is 0 Å². The van der Waals surface area contributed by atoms with E-state index in [0.29, 0.717) is 12.3 Å². The number of carbonyl (C=O) groups is 1. The zero-order valence-corrected chi connectivity index (χ0v) is 17.1. The first-order chi connectivity index (χ1) is 14.1. The third kappa shape index (κ3) is 5.59. The number of rotatable bonds is 10. The van der Waals surface area contributed by atoms with Gasteiger partial charge in [-0.3, -0.25) is 4.79 Å². The molecule has 0 aliphatic heterocycles. The van der Waals surface area contributed by atoms with E-state index in [1.807, 2.05) is 42.5 Å². The van der Waals surface area contributed by atoms with Gasteiger partial charge in [-0.2, -0.15) is 0 Å². The number of likely N-dealkylation sites (N-methyl/N-ethyl adjacent to an activating group) is 1. The molecule has 2 N–H and O–H groups in total. The number of furan rings is 1. The number of hydrogen-bond acceptors (Lipinski definition) is 5. The number of benzene rings is 2. The molecular formula is C23H28N2O4. The van der Waals surface area contributed by atoms with Gasteiger partial charge in [0.05, 0.1) is 6.26 Å². The maximum atomic E-state index is 11.2. The summed E-state index contributed by atoms with van der Waals surface area (Å²) in [6.45, 7) is 2.82. The third-order valence-electron chi connectivity index (χ3n) is 4.88. The standard InChI is InChI=1S/C23H28N2O4/c1-16(12-17-8-10-19(11-9-17)28-15-22(26)24-2)25-13-21(27-3)23-20-7-5-4-6-18(20)14-29-23/h4-11,14,16,21,25H,12-13,15H2,1-3H3,(H,24,26). The van der Waals surface area contributed by atoms with Crippen LogP contribution in [0.3, 0.4) is 0 Å². The molecule has 154 valence electrons. The molecule has 29 heavy (non-hydrogen) atoms. The fourth-order valence-electron chi connectivity index (χ4n) is 3.22. The molecule has 1 aromatic heterocycles. The summed E-state index contributed by atoms with van der Waals surface area (Å²) in [6, 6.07) is 16.2. The van der Waals surface area contributed by atoms with Gasteiger partial charge in [-0.1, -0.05) is 36.4 Å². The molecular weight excluding hydrogens is 368 g/mol. The molecule has 0 radical (unpaired) electrons. The molecule has 0 spiro atoms. The van der Waals surface area contributed by atoms with Crippen LogP contribution in [-0.2, 0) is 16.0 Å². The number of nitrogens with one attached hydrogen (secondary N) is 2. The minimum atomic E-state index is -0.155. The van der Waals surface area contributed by atoms with Crippen molar-refractivity contribution in [3.63, 3.8) is 0 Å². The van der Waals surface area contributed by atoms with E-state index in [2.05, 4.69) is 23.6 Å². The van der Waals surface area contributed by atoms with Gasteiger partial charge in [0, 0.05) is 37.5 Å². The molecule has 0 saturated carbocycles. The summed E-state index contributed by atoms with van der Waals surface area (Å²) >= 11 is 0. The Bertz CT molecular complexity index is 920. The molecule has 3 aromatic rings. The summed E-state index contributed by atoms with van der Waals surface area (Å²) in [6.07, 6.45) is 2.48. The number of ether oxygens (including phenoxy) is 2. The molecule has 2 aromatic carbocycles. The van der Waals surface area contributed by atoms with Crippen molar-refractivity contribution in [2.45, 2.75) is 25.5 Å². The number of fused-ring (bicyclic) bond motifs is 1. The minimum Gasteiger partial charge on any atom is -0.484 e. The van der Waals surface area contributed by atoms with E-state index in [0.717, 1.165) is 23.0 Å². The van der Waals surface area contributed by atoms with Crippen molar-refractivity contribution in [1.29, 1.82) is 0 Å². The van der Waals surface area contributed by atoms with Crippen LogP contribution in [0.4, 0.5) is 0 Å². The van der Waals surface area contributed by atoms with Gasteiger partial charge in [0.1, 0.15) is 17.6 Å². The molecule has 2 atom stereocenters. The van der Waals surface area contributed by atoms with E-state index in [9.17, 15) is 4.79 Å². The highest BCUT2D eigenvalue weighted by molar-refractivity contribution is 5.84. The molecule has 0 aliphatic carbocycles. The zero-order chi connectivity index (χ0) is 20.6. The van der Waals surface area contributed by atoms with E-state index in [1.165, 1.54) is 5.56 Å². The second kappa shape index (κ2) is 10.1. The number of hydrogen-bond donors (Lipinski definition) is 2. The number of amides is 1. The van der Waals surface area contributed by atoms with Crippen LogP contribution in [0.2, 0.25) is 0 Å². The van der Waals surface area contributed by atoms with E-state index >= 15 is 0 Å². The van der Waals surface area contributed by atoms with Gasteiger partial charge in [0.25, 0.3) is 5.91 Å². The van der Waals surface area contributed by atoms with E-state index < -0.39 is 0 Å². The Morgan fingerprint density at radius 3 is 2.62 bits per heavy atom. The lowest BCUT2D eigenvalue weighted by molar-refractivity contribution is -0.122. The van der Waals surface area contributed by atoms with Crippen LogP contribution in [0.1, 0.15) is 24.4 Å². The number of methoxy groups -OCH3 is 1.